The summed E-state index contributed by atoms with van der Waals surface area (Å²) in [6, 6.07) is 48.6. The lowest BCUT2D eigenvalue weighted by molar-refractivity contribution is 1.66. The molecular weight excluding hydrogens is 408 g/mol. The first-order valence-corrected chi connectivity index (χ1v) is 11.8. The lowest BCUT2D eigenvalue weighted by Crippen LogP contribution is -1.90. The SMILES string of the molecule is c1ccc(-c2c3ccccc3c(-c3ccc4cc5ccccc5cc4c3)c3ccccc23)cc1. The molecule has 0 aromatic heterocycles. The van der Waals surface area contributed by atoms with Gasteiger partial charge in [-0.15, -0.1) is 0 Å². The summed E-state index contributed by atoms with van der Waals surface area (Å²) in [5.41, 5.74) is 5.13. The number of fused-ring (bicyclic) bond motifs is 4. The molecule has 0 spiro atoms. The van der Waals surface area contributed by atoms with Crippen LogP contribution in [0.4, 0.5) is 0 Å². The van der Waals surface area contributed by atoms with Gasteiger partial charge in [0.2, 0.25) is 0 Å². The highest BCUT2D eigenvalue weighted by molar-refractivity contribution is 6.21. The summed E-state index contributed by atoms with van der Waals surface area (Å²) < 4.78 is 0. The molecule has 0 saturated carbocycles. The van der Waals surface area contributed by atoms with E-state index in [9.17, 15) is 0 Å². The van der Waals surface area contributed by atoms with Gasteiger partial charge in [-0.2, -0.15) is 0 Å². The molecule has 0 amide bonds. The molecule has 7 aromatic carbocycles. The van der Waals surface area contributed by atoms with Crippen molar-refractivity contribution < 1.29 is 0 Å². The van der Waals surface area contributed by atoms with Crippen LogP contribution in [0.15, 0.2) is 133 Å². The minimum Gasteiger partial charge on any atom is -0.0622 e. The van der Waals surface area contributed by atoms with Gasteiger partial charge in [0.05, 0.1) is 0 Å². The average molecular weight is 431 g/mol. The number of benzene rings is 7. The van der Waals surface area contributed by atoms with Crippen LogP contribution in [0.1, 0.15) is 0 Å². The third-order valence-electron chi connectivity index (χ3n) is 6.99. The fourth-order valence-electron chi connectivity index (χ4n) is 5.45. The molecule has 0 heterocycles. The minimum absolute atomic E-state index is 1.26. The lowest BCUT2D eigenvalue weighted by atomic mass is 9.85. The molecule has 0 heteroatoms. The molecule has 0 bridgehead atoms. The summed E-state index contributed by atoms with van der Waals surface area (Å²) >= 11 is 0. The van der Waals surface area contributed by atoms with Crippen molar-refractivity contribution in [1.82, 2.24) is 0 Å². The van der Waals surface area contributed by atoms with Crippen molar-refractivity contribution in [3.05, 3.63) is 133 Å². The zero-order chi connectivity index (χ0) is 22.5. The maximum atomic E-state index is 2.36. The molecule has 0 unspecified atom stereocenters. The van der Waals surface area contributed by atoms with E-state index in [-0.39, 0.29) is 0 Å². The molecule has 0 N–H and O–H groups in total. The molecule has 0 aliphatic carbocycles. The maximum absolute atomic E-state index is 2.36. The molecule has 34 heavy (non-hydrogen) atoms. The second kappa shape index (κ2) is 7.57. The van der Waals surface area contributed by atoms with Crippen molar-refractivity contribution in [2.45, 2.75) is 0 Å². The van der Waals surface area contributed by atoms with E-state index in [4.69, 9.17) is 0 Å². The van der Waals surface area contributed by atoms with Crippen LogP contribution in [0.5, 0.6) is 0 Å². The second-order valence-electron chi connectivity index (χ2n) is 8.97. The van der Waals surface area contributed by atoms with Crippen LogP contribution < -0.4 is 0 Å². The maximum Gasteiger partial charge on any atom is -0.00262 e. The molecule has 7 aromatic rings. The van der Waals surface area contributed by atoms with E-state index in [2.05, 4.69) is 133 Å². The Labute approximate surface area is 198 Å². The Morgan fingerprint density at radius 1 is 0.265 bits per heavy atom. The predicted octanol–water partition coefficient (Wildman–Crippen LogP) is 9.63. The Bertz CT molecular complexity index is 1790. The summed E-state index contributed by atoms with van der Waals surface area (Å²) in [6.45, 7) is 0. The van der Waals surface area contributed by atoms with Gasteiger partial charge in [-0.25, -0.2) is 0 Å². The first kappa shape index (κ1) is 19.1. The summed E-state index contributed by atoms with van der Waals surface area (Å²) in [4.78, 5) is 0. The summed E-state index contributed by atoms with van der Waals surface area (Å²) in [5.74, 6) is 0. The summed E-state index contributed by atoms with van der Waals surface area (Å²) in [7, 11) is 0. The molecular formula is C34H22. The summed E-state index contributed by atoms with van der Waals surface area (Å²) in [6.07, 6.45) is 0. The van der Waals surface area contributed by atoms with E-state index in [1.165, 1.54) is 65.3 Å². The van der Waals surface area contributed by atoms with Crippen molar-refractivity contribution >= 4 is 43.1 Å². The van der Waals surface area contributed by atoms with Gasteiger partial charge in [0.25, 0.3) is 0 Å². The van der Waals surface area contributed by atoms with Gasteiger partial charge < -0.3 is 0 Å². The number of hydrogen-bond donors (Lipinski definition) is 0. The van der Waals surface area contributed by atoms with Gasteiger partial charge in [0.15, 0.2) is 0 Å². The van der Waals surface area contributed by atoms with Gasteiger partial charge in [-0.1, -0.05) is 115 Å². The van der Waals surface area contributed by atoms with Crippen molar-refractivity contribution in [3.63, 3.8) is 0 Å². The highest BCUT2D eigenvalue weighted by Crippen LogP contribution is 2.44. The Kier molecular flexibility index (Phi) is 4.25. The van der Waals surface area contributed by atoms with Crippen LogP contribution in [0, 0.1) is 0 Å². The normalized spacial score (nSPS) is 11.5. The molecule has 7 rings (SSSR count). The van der Waals surface area contributed by atoms with E-state index < -0.39 is 0 Å². The number of rotatable bonds is 2. The van der Waals surface area contributed by atoms with Crippen molar-refractivity contribution in [3.8, 4) is 22.3 Å². The zero-order valence-electron chi connectivity index (χ0n) is 18.7. The Hall–Kier alpha value is -4.42. The first-order chi connectivity index (χ1) is 16.9. The molecule has 0 fully saturated rings. The van der Waals surface area contributed by atoms with Crippen LogP contribution in [0.2, 0.25) is 0 Å². The molecule has 0 saturated heterocycles. The van der Waals surface area contributed by atoms with Crippen LogP contribution in [-0.4, -0.2) is 0 Å². The Morgan fingerprint density at radius 3 is 1.29 bits per heavy atom. The van der Waals surface area contributed by atoms with Gasteiger partial charge in [0.1, 0.15) is 0 Å². The highest BCUT2D eigenvalue weighted by atomic mass is 14.2. The Balaban J connectivity index is 1.59. The third-order valence-corrected chi connectivity index (χ3v) is 6.99. The third kappa shape index (κ3) is 2.93. The Morgan fingerprint density at radius 2 is 0.706 bits per heavy atom. The largest absolute Gasteiger partial charge is 0.0622 e. The minimum atomic E-state index is 1.26. The predicted molar refractivity (Wildman–Crippen MR) is 147 cm³/mol. The number of hydrogen-bond acceptors (Lipinski definition) is 0. The lowest BCUT2D eigenvalue weighted by Gasteiger charge is -2.18. The molecule has 158 valence electrons. The van der Waals surface area contributed by atoms with Crippen LogP contribution in [0.25, 0.3) is 65.3 Å². The molecule has 0 aliphatic heterocycles. The van der Waals surface area contributed by atoms with Crippen LogP contribution >= 0.6 is 0 Å². The van der Waals surface area contributed by atoms with Crippen LogP contribution in [0.3, 0.4) is 0 Å². The van der Waals surface area contributed by atoms with E-state index >= 15 is 0 Å². The zero-order valence-corrected chi connectivity index (χ0v) is 18.7. The van der Waals surface area contributed by atoms with Gasteiger partial charge >= 0.3 is 0 Å². The van der Waals surface area contributed by atoms with Gasteiger partial charge in [0, 0.05) is 0 Å². The molecule has 0 aliphatic rings. The second-order valence-corrected chi connectivity index (χ2v) is 8.97. The van der Waals surface area contributed by atoms with Crippen LogP contribution in [-0.2, 0) is 0 Å². The van der Waals surface area contributed by atoms with Crippen molar-refractivity contribution in [2.75, 3.05) is 0 Å². The fourth-order valence-corrected chi connectivity index (χ4v) is 5.45. The van der Waals surface area contributed by atoms with E-state index in [0.717, 1.165) is 0 Å². The van der Waals surface area contributed by atoms with E-state index in [0.29, 0.717) is 0 Å². The smallest absolute Gasteiger partial charge is 0.00262 e. The quantitative estimate of drug-likeness (QED) is 0.239. The standard InChI is InChI=1S/C34H22/c1-2-10-23(11-3-1)33-29-14-6-8-16-31(29)34(32-17-9-7-15-30(32)33)27-19-18-26-20-24-12-4-5-13-25(24)21-28(26)22-27/h1-22H. The topological polar surface area (TPSA) is 0 Å². The average Bonchev–Trinajstić information content (AvgIpc) is 2.90. The highest BCUT2D eigenvalue weighted by Gasteiger charge is 2.16. The van der Waals surface area contributed by atoms with Gasteiger partial charge in [-0.3, -0.25) is 0 Å². The van der Waals surface area contributed by atoms with Crippen molar-refractivity contribution in [1.29, 1.82) is 0 Å². The molecule has 0 nitrogen and oxygen atoms in total. The van der Waals surface area contributed by atoms with E-state index in [1.54, 1.807) is 0 Å². The monoisotopic (exact) mass is 430 g/mol. The van der Waals surface area contributed by atoms with E-state index in [1.807, 2.05) is 0 Å². The fraction of sp³-hybridized carbons (Fsp3) is 0. The summed E-state index contributed by atoms with van der Waals surface area (Å²) in [5, 5.41) is 10.3. The molecule has 0 radical (unpaired) electrons. The first-order valence-electron chi connectivity index (χ1n) is 11.8. The van der Waals surface area contributed by atoms with Crippen molar-refractivity contribution in [2.24, 2.45) is 0 Å². The van der Waals surface area contributed by atoms with Gasteiger partial charge in [-0.05, 0) is 83.5 Å². The molecule has 0 atom stereocenters.